The molecule has 2 aromatic carbocycles. The Labute approximate surface area is 250 Å². The fourth-order valence-corrected chi connectivity index (χ4v) is 5.29. The highest BCUT2D eigenvalue weighted by Crippen LogP contribution is 2.27. The highest BCUT2D eigenvalue weighted by molar-refractivity contribution is 5.33. The van der Waals surface area contributed by atoms with Crippen molar-refractivity contribution in [1.82, 2.24) is 29.9 Å². The van der Waals surface area contributed by atoms with Crippen LogP contribution in [-0.4, -0.2) is 29.9 Å². The molecular formula is C31H28Cl2N8. The fraction of sp³-hybridized carbons (Fsp3) is 0.161. The van der Waals surface area contributed by atoms with Gasteiger partial charge in [0.15, 0.2) is 36.4 Å². The van der Waals surface area contributed by atoms with Crippen molar-refractivity contribution in [2.45, 2.75) is 32.0 Å². The minimum Gasteiger partial charge on any atom is -1.00 e. The second-order valence-corrected chi connectivity index (χ2v) is 9.93. The Morgan fingerprint density at radius 3 is 1.93 bits per heavy atom. The zero-order chi connectivity index (χ0) is 26.0. The van der Waals surface area contributed by atoms with Crippen molar-refractivity contribution < 1.29 is 33.9 Å². The molecule has 1 N–H and O–H groups in total. The second-order valence-electron chi connectivity index (χ2n) is 9.93. The van der Waals surface area contributed by atoms with E-state index >= 15 is 0 Å². The van der Waals surface area contributed by atoms with Crippen LogP contribution in [0.1, 0.15) is 51.6 Å². The molecule has 0 aliphatic carbocycles. The van der Waals surface area contributed by atoms with Gasteiger partial charge in [0.25, 0.3) is 0 Å². The largest absolute Gasteiger partial charge is 1.00 e. The molecule has 7 rings (SSSR count). The van der Waals surface area contributed by atoms with Gasteiger partial charge >= 0.3 is 0 Å². The summed E-state index contributed by atoms with van der Waals surface area (Å²) in [7, 11) is 0. The number of aromatic amines is 1. The molecule has 10 heteroatoms. The van der Waals surface area contributed by atoms with Gasteiger partial charge in [-0.2, -0.15) is 14.2 Å². The molecule has 5 heterocycles. The molecule has 6 aromatic rings. The molecule has 0 saturated heterocycles. The van der Waals surface area contributed by atoms with E-state index in [1.807, 2.05) is 12.1 Å². The number of fused-ring (bicyclic) bond motifs is 8. The van der Waals surface area contributed by atoms with E-state index in [0.29, 0.717) is 25.9 Å². The molecule has 1 aliphatic heterocycles. The number of nitrogens with zero attached hydrogens (tertiary/aromatic N) is 7. The van der Waals surface area contributed by atoms with Gasteiger partial charge in [-0.05, 0) is 23.3 Å². The summed E-state index contributed by atoms with van der Waals surface area (Å²) >= 11 is 0. The Morgan fingerprint density at radius 1 is 0.659 bits per heavy atom. The lowest BCUT2D eigenvalue weighted by atomic mass is 9.99. The molecule has 8 bridgehead atoms. The molecule has 0 unspecified atom stereocenters. The number of hydrogen-bond donors (Lipinski definition) is 1. The molecule has 0 amide bonds. The molecule has 206 valence electrons. The van der Waals surface area contributed by atoms with E-state index in [9.17, 15) is 0 Å². The molecule has 4 aromatic heterocycles. The molecule has 0 spiro atoms. The van der Waals surface area contributed by atoms with E-state index in [-0.39, 0.29) is 30.9 Å². The van der Waals surface area contributed by atoms with E-state index in [0.717, 1.165) is 34.4 Å². The first-order chi connectivity index (χ1) is 19.3. The van der Waals surface area contributed by atoms with Gasteiger partial charge in [0, 0.05) is 36.1 Å². The van der Waals surface area contributed by atoms with Gasteiger partial charge < -0.3 is 24.8 Å². The lowest BCUT2D eigenvalue weighted by Gasteiger charge is -2.19. The van der Waals surface area contributed by atoms with Crippen molar-refractivity contribution >= 4 is 0 Å². The number of hydrogen-bond acceptors (Lipinski definition) is 4. The van der Waals surface area contributed by atoms with Gasteiger partial charge in [-0.25, -0.2) is 14.6 Å². The van der Waals surface area contributed by atoms with Crippen LogP contribution in [0.5, 0.6) is 0 Å². The van der Waals surface area contributed by atoms with Crippen LogP contribution >= 0.6 is 0 Å². The van der Waals surface area contributed by atoms with Crippen molar-refractivity contribution in [2.24, 2.45) is 0 Å². The van der Waals surface area contributed by atoms with Crippen LogP contribution in [0.4, 0.5) is 0 Å². The van der Waals surface area contributed by atoms with Gasteiger partial charge in [0.05, 0.1) is 0 Å². The Hall–Kier alpha value is -4.40. The van der Waals surface area contributed by atoms with Crippen LogP contribution < -0.4 is 33.9 Å². The SMILES string of the molecule is [Cl-].[Cl-].c1ccc(C(c2ccccc2)n2nc3nc2C[n+]2cccc(c2)Cc2n[nH]c(n2)Cc2ccc[n+](c2)C3)cc1. The summed E-state index contributed by atoms with van der Waals surface area (Å²) in [5.41, 5.74) is 4.62. The minimum atomic E-state index is -0.0998. The van der Waals surface area contributed by atoms with E-state index in [4.69, 9.17) is 15.1 Å². The maximum atomic E-state index is 5.14. The first-order valence-corrected chi connectivity index (χ1v) is 13.2. The summed E-state index contributed by atoms with van der Waals surface area (Å²) in [5, 5.41) is 12.7. The van der Waals surface area contributed by atoms with Crippen LogP contribution in [0.25, 0.3) is 0 Å². The Kier molecular flexibility index (Phi) is 8.52. The van der Waals surface area contributed by atoms with Gasteiger partial charge in [-0.3, -0.25) is 5.10 Å². The average Bonchev–Trinajstić information content (AvgIpc) is 3.56. The lowest BCUT2D eigenvalue weighted by Crippen LogP contribution is -3.00. The van der Waals surface area contributed by atoms with Crippen LogP contribution in [0, 0.1) is 0 Å². The first kappa shape index (κ1) is 28.1. The predicted molar refractivity (Wildman–Crippen MR) is 144 cm³/mol. The molecular weight excluding hydrogens is 555 g/mol. The highest BCUT2D eigenvalue weighted by Gasteiger charge is 2.26. The summed E-state index contributed by atoms with van der Waals surface area (Å²) < 4.78 is 6.40. The normalized spacial score (nSPS) is 12.3. The number of aromatic nitrogens is 8. The topological polar surface area (TPSA) is 80.0 Å². The predicted octanol–water partition coefficient (Wildman–Crippen LogP) is -2.79. The van der Waals surface area contributed by atoms with Crippen LogP contribution in [-0.2, 0) is 25.9 Å². The summed E-state index contributed by atoms with van der Waals surface area (Å²) in [6.45, 7) is 1.15. The first-order valence-electron chi connectivity index (χ1n) is 13.2. The van der Waals surface area contributed by atoms with Gasteiger partial charge in [-0.1, -0.05) is 60.7 Å². The Morgan fingerprint density at radius 2 is 1.27 bits per heavy atom. The number of pyridine rings is 2. The van der Waals surface area contributed by atoms with Gasteiger partial charge in [0.2, 0.25) is 18.9 Å². The number of rotatable bonds is 3. The van der Waals surface area contributed by atoms with Gasteiger partial charge in [0.1, 0.15) is 11.9 Å². The smallest absolute Gasteiger partial charge is 0.216 e. The molecule has 41 heavy (non-hydrogen) atoms. The van der Waals surface area contributed by atoms with E-state index in [1.165, 1.54) is 11.1 Å². The summed E-state index contributed by atoms with van der Waals surface area (Å²) in [6.07, 6.45) is 9.76. The maximum absolute atomic E-state index is 5.14. The number of nitrogens with one attached hydrogen (secondary N) is 1. The quantitative estimate of drug-likeness (QED) is 0.228. The standard InChI is InChI=1S/C31H28N8.2ClH/c1-3-11-25(12-4-1)31(26-13-5-2-6-14-26)39-30-22-38-16-8-10-24(20-38)18-28-32-27(34-35-28)17-23-9-7-15-37(19-23)21-29(33-30)36-39;;/h1-16,19-20,31H,17-18,21-22H2,(H,32,34,35);2*1H/q+2;;/p-2. The molecule has 0 fully saturated rings. The Bertz CT molecular complexity index is 1690. The van der Waals surface area contributed by atoms with Crippen molar-refractivity contribution in [2.75, 3.05) is 0 Å². The van der Waals surface area contributed by atoms with Crippen molar-refractivity contribution in [3.05, 3.63) is 155 Å². The number of halogens is 2. The minimum absolute atomic E-state index is 0. The molecule has 8 nitrogen and oxygen atoms in total. The third-order valence-corrected chi connectivity index (χ3v) is 7.02. The van der Waals surface area contributed by atoms with Gasteiger partial charge in [-0.15, -0.1) is 5.10 Å². The summed E-state index contributed by atoms with van der Waals surface area (Å²) in [6, 6.07) is 29.3. The zero-order valence-corrected chi connectivity index (χ0v) is 23.7. The molecule has 0 radical (unpaired) electrons. The molecule has 0 atom stereocenters. The molecule has 0 saturated carbocycles. The monoisotopic (exact) mass is 582 g/mol. The third-order valence-electron chi connectivity index (χ3n) is 7.02. The lowest BCUT2D eigenvalue weighted by molar-refractivity contribution is -0.690. The van der Waals surface area contributed by atoms with Crippen LogP contribution in [0.15, 0.2) is 110 Å². The van der Waals surface area contributed by atoms with E-state index in [2.05, 4.69) is 122 Å². The number of H-pyrrole nitrogens is 1. The third kappa shape index (κ3) is 6.19. The summed E-state index contributed by atoms with van der Waals surface area (Å²) in [4.78, 5) is 9.86. The summed E-state index contributed by atoms with van der Waals surface area (Å²) in [5.74, 6) is 3.32. The number of benzene rings is 2. The van der Waals surface area contributed by atoms with Crippen LogP contribution in [0.2, 0.25) is 0 Å². The van der Waals surface area contributed by atoms with Crippen molar-refractivity contribution in [3.8, 4) is 0 Å². The van der Waals surface area contributed by atoms with E-state index in [1.54, 1.807) is 0 Å². The second kappa shape index (κ2) is 12.4. The Balaban J connectivity index is 0.00000169. The highest BCUT2D eigenvalue weighted by atomic mass is 35.5. The van der Waals surface area contributed by atoms with Crippen molar-refractivity contribution in [3.63, 3.8) is 0 Å². The van der Waals surface area contributed by atoms with E-state index < -0.39 is 0 Å². The average molecular weight is 584 g/mol. The molecule has 1 aliphatic rings. The van der Waals surface area contributed by atoms with Crippen LogP contribution in [0.3, 0.4) is 0 Å². The zero-order valence-electron chi connectivity index (χ0n) is 22.2. The maximum Gasteiger partial charge on any atom is 0.216 e. The fourth-order valence-electron chi connectivity index (χ4n) is 5.29. The van der Waals surface area contributed by atoms with Crippen molar-refractivity contribution in [1.29, 1.82) is 0 Å².